The molecule has 0 saturated carbocycles. The number of hydrogen-bond donors (Lipinski definition) is 3. The summed E-state index contributed by atoms with van der Waals surface area (Å²) >= 11 is 0. The summed E-state index contributed by atoms with van der Waals surface area (Å²) in [6.45, 7) is 3.69. The lowest BCUT2D eigenvalue weighted by molar-refractivity contribution is 0.132. The second kappa shape index (κ2) is 5.46. The Morgan fingerprint density at radius 1 is 1.22 bits per heavy atom. The molecule has 1 aromatic carbocycles. The molecule has 0 amide bonds. The van der Waals surface area contributed by atoms with E-state index < -0.39 is 11.5 Å². The molecule has 1 atom stereocenters. The Morgan fingerprint density at radius 3 is 2.00 bits per heavy atom. The summed E-state index contributed by atoms with van der Waals surface area (Å²) in [7, 11) is 2.92. The van der Waals surface area contributed by atoms with E-state index >= 15 is 0 Å². The van der Waals surface area contributed by atoms with Crippen LogP contribution >= 0.6 is 0 Å². The Kier molecular flexibility index (Phi) is 4.43. The molecule has 4 N–H and O–H groups in total. The maximum absolute atomic E-state index is 9.81. The molecule has 18 heavy (non-hydrogen) atoms. The average molecular weight is 255 g/mol. The van der Waals surface area contributed by atoms with Gasteiger partial charge < -0.3 is 25.4 Å². The van der Waals surface area contributed by atoms with Crippen molar-refractivity contribution in [2.45, 2.75) is 19.9 Å². The van der Waals surface area contributed by atoms with E-state index in [1.807, 2.05) is 13.8 Å². The van der Waals surface area contributed by atoms with Crippen LogP contribution in [-0.4, -0.2) is 31.0 Å². The highest BCUT2D eigenvalue weighted by Gasteiger charge is 2.28. The molecule has 0 bridgehead atoms. The van der Waals surface area contributed by atoms with Gasteiger partial charge in [0.1, 0.15) is 0 Å². The molecule has 0 aromatic heterocycles. The van der Waals surface area contributed by atoms with Crippen LogP contribution in [0.1, 0.15) is 25.5 Å². The third-order valence-electron chi connectivity index (χ3n) is 3.11. The second-order valence-corrected chi connectivity index (χ2v) is 4.90. The van der Waals surface area contributed by atoms with Gasteiger partial charge in [-0.15, -0.1) is 0 Å². The SMILES string of the molecule is COc1cc([C@H](N)C(C)(C)CO)cc(OC)c1O. The summed E-state index contributed by atoms with van der Waals surface area (Å²) in [6, 6.07) is 2.91. The minimum atomic E-state index is -0.479. The van der Waals surface area contributed by atoms with Crippen LogP contribution in [0.25, 0.3) is 0 Å². The highest BCUT2D eigenvalue weighted by atomic mass is 16.5. The molecule has 0 aliphatic heterocycles. The maximum Gasteiger partial charge on any atom is 0.200 e. The molecule has 0 aliphatic rings. The minimum absolute atomic E-state index is 0.0420. The van der Waals surface area contributed by atoms with Crippen LogP contribution in [0, 0.1) is 5.41 Å². The monoisotopic (exact) mass is 255 g/mol. The number of benzene rings is 1. The van der Waals surface area contributed by atoms with E-state index in [0.29, 0.717) is 11.5 Å². The highest BCUT2D eigenvalue weighted by Crippen LogP contribution is 2.41. The molecule has 1 rings (SSSR count). The zero-order valence-corrected chi connectivity index (χ0v) is 11.2. The lowest BCUT2D eigenvalue weighted by Gasteiger charge is -2.30. The second-order valence-electron chi connectivity index (χ2n) is 4.90. The number of methoxy groups -OCH3 is 2. The molecule has 0 heterocycles. The Hall–Kier alpha value is -1.46. The van der Waals surface area contributed by atoms with Crippen molar-refractivity contribution in [3.8, 4) is 17.2 Å². The van der Waals surface area contributed by atoms with E-state index in [1.165, 1.54) is 14.2 Å². The lowest BCUT2D eigenvalue weighted by Crippen LogP contribution is -2.32. The molecular weight excluding hydrogens is 234 g/mol. The van der Waals surface area contributed by atoms with E-state index in [1.54, 1.807) is 12.1 Å². The predicted octanol–water partition coefficient (Wildman–Crippen LogP) is 1.43. The van der Waals surface area contributed by atoms with Crippen LogP contribution in [0.5, 0.6) is 17.2 Å². The standard InChI is InChI=1S/C13H21NO4/c1-13(2,7-15)12(14)8-5-9(17-3)11(16)10(6-8)18-4/h5-6,12,15-16H,7,14H2,1-4H3/t12-/m0/s1. The van der Waals surface area contributed by atoms with Gasteiger partial charge in [0.2, 0.25) is 5.75 Å². The van der Waals surface area contributed by atoms with Crippen LogP contribution in [0.2, 0.25) is 0 Å². The fourth-order valence-electron chi connectivity index (χ4n) is 1.64. The van der Waals surface area contributed by atoms with Crippen molar-refractivity contribution in [3.05, 3.63) is 17.7 Å². The van der Waals surface area contributed by atoms with E-state index in [-0.39, 0.29) is 12.4 Å². The summed E-state index contributed by atoms with van der Waals surface area (Å²) in [6.07, 6.45) is 0. The number of phenols is 1. The minimum Gasteiger partial charge on any atom is -0.502 e. The first kappa shape index (κ1) is 14.6. The molecule has 0 fully saturated rings. The first-order valence-electron chi connectivity index (χ1n) is 5.68. The van der Waals surface area contributed by atoms with Crippen molar-refractivity contribution in [2.24, 2.45) is 11.1 Å². The molecule has 0 saturated heterocycles. The number of phenolic OH excluding ortho intramolecular Hbond substituents is 1. The molecule has 102 valence electrons. The zero-order valence-electron chi connectivity index (χ0n) is 11.2. The normalized spacial score (nSPS) is 13.2. The third-order valence-corrected chi connectivity index (χ3v) is 3.11. The number of aromatic hydroxyl groups is 1. The van der Waals surface area contributed by atoms with Crippen molar-refractivity contribution >= 4 is 0 Å². The highest BCUT2D eigenvalue weighted by molar-refractivity contribution is 5.53. The van der Waals surface area contributed by atoms with E-state index in [0.717, 1.165) is 5.56 Å². The van der Waals surface area contributed by atoms with Gasteiger partial charge in [-0.1, -0.05) is 13.8 Å². The Morgan fingerprint density at radius 2 is 1.67 bits per heavy atom. The molecule has 1 aromatic rings. The summed E-state index contributed by atoms with van der Waals surface area (Å²) in [4.78, 5) is 0. The Balaban J connectivity index is 3.25. The summed E-state index contributed by atoms with van der Waals surface area (Å²) < 4.78 is 10.2. The summed E-state index contributed by atoms with van der Waals surface area (Å²) in [5.74, 6) is 0.542. The fourth-order valence-corrected chi connectivity index (χ4v) is 1.64. The molecule has 5 heteroatoms. The van der Waals surface area contributed by atoms with Crippen LogP contribution < -0.4 is 15.2 Å². The van der Waals surface area contributed by atoms with Gasteiger partial charge in [-0.2, -0.15) is 0 Å². The van der Waals surface area contributed by atoms with Gasteiger partial charge in [-0.25, -0.2) is 0 Å². The van der Waals surface area contributed by atoms with Crippen molar-refractivity contribution in [1.82, 2.24) is 0 Å². The molecule has 0 aliphatic carbocycles. The van der Waals surface area contributed by atoms with Crippen molar-refractivity contribution in [1.29, 1.82) is 0 Å². The van der Waals surface area contributed by atoms with E-state index in [4.69, 9.17) is 15.2 Å². The Bertz CT molecular complexity index is 392. The fraction of sp³-hybridized carbons (Fsp3) is 0.538. The number of hydrogen-bond acceptors (Lipinski definition) is 5. The molecular formula is C13H21NO4. The van der Waals surface area contributed by atoms with Crippen molar-refractivity contribution < 1.29 is 19.7 Å². The molecule has 0 spiro atoms. The smallest absolute Gasteiger partial charge is 0.200 e. The van der Waals surface area contributed by atoms with Crippen molar-refractivity contribution in [2.75, 3.05) is 20.8 Å². The molecule has 5 nitrogen and oxygen atoms in total. The topological polar surface area (TPSA) is 84.9 Å². The van der Waals surface area contributed by atoms with Gasteiger partial charge in [0.15, 0.2) is 11.5 Å². The first-order valence-corrected chi connectivity index (χ1v) is 5.68. The number of rotatable bonds is 5. The van der Waals surface area contributed by atoms with E-state index in [2.05, 4.69) is 0 Å². The number of ether oxygens (including phenoxy) is 2. The Labute approximate surface area is 107 Å². The molecule has 0 unspecified atom stereocenters. The lowest BCUT2D eigenvalue weighted by atomic mass is 9.81. The third kappa shape index (κ3) is 2.68. The van der Waals surface area contributed by atoms with Crippen LogP contribution in [-0.2, 0) is 0 Å². The van der Waals surface area contributed by atoms with Gasteiger partial charge in [0.25, 0.3) is 0 Å². The quantitative estimate of drug-likeness (QED) is 0.741. The number of aliphatic hydroxyl groups excluding tert-OH is 1. The maximum atomic E-state index is 9.81. The van der Waals surface area contributed by atoms with Gasteiger partial charge in [-0.05, 0) is 17.7 Å². The summed E-state index contributed by atoms with van der Waals surface area (Å²) in [5.41, 5.74) is 6.39. The van der Waals surface area contributed by atoms with Crippen molar-refractivity contribution in [3.63, 3.8) is 0 Å². The number of nitrogens with two attached hydrogens (primary N) is 1. The van der Waals surface area contributed by atoms with Gasteiger partial charge in [-0.3, -0.25) is 0 Å². The predicted molar refractivity (Wildman–Crippen MR) is 69.0 cm³/mol. The van der Waals surface area contributed by atoms with Gasteiger partial charge in [0.05, 0.1) is 14.2 Å². The van der Waals surface area contributed by atoms with Crippen LogP contribution in [0.15, 0.2) is 12.1 Å². The molecule has 0 radical (unpaired) electrons. The first-order chi connectivity index (χ1) is 8.37. The van der Waals surface area contributed by atoms with Crippen LogP contribution in [0.3, 0.4) is 0 Å². The van der Waals surface area contributed by atoms with Gasteiger partial charge >= 0.3 is 0 Å². The van der Waals surface area contributed by atoms with E-state index in [9.17, 15) is 10.2 Å². The van der Waals surface area contributed by atoms with Gasteiger partial charge in [0, 0.05) is 18.1 Å². The largest absolute Gasteiger partial charge is 0.502 e. The summed E-state index contributed by atoms with van der Waals surface area (Å²) in [5, 5.41) is 19.2. The number of aliphatic hydroxyl groups is 1. The van der Waals surface area contributed by atoms with Crippen LogP contribution in [0.4, 0.5) is 0 Å². The zero-order chi connectivity index (χ0) is 13.9. The average Bonchev–Trinajstić information content (AvgIpc) is 2.38.